The third kappa shape index (κ3) is 1.40. The first-order valence-electron chi connectivity index (χ1n) is 5.80. The minimum Gasteiger partial charge on any atom is -0.395 e. The minimum absolute atomic E-state index is 0.0740. The molecule has 4 aliphatic rings. The van der Waals surface area contributed by atoms with Crippen LogP contribution in [0, 0.1) is 5.41 Å². The molecule has 0 aromatic heterocycles. The summed E-state index contributed by atoms with van der Waals surface area (Å²) in [6.07, 6.45) is 4.05. The Morgan fingerprint density at radius 1 is 1.38 bits per heavy atom. The van der Waals surface area contributed by atoms with E-state index < -0.39 is 10.8 Å². The van der Waals surface area contributed by atoms with Crippen molar-refractivity contribution in [1.82, 2.24) is 4.90 Å². The van der Waals surface area contributed by atoms with Gasteiger partial charge in [-0.3, -0.25) is 9.11 Å². The van der Waals surface area contributed by atoms with Gasteiger partial charge in [0.15, 0.2) is 0 Å². The molecule has 2 saturated heterocycles. The van der Waals surface area contributed by atoms with Crippen molar-refractivity contribution in [2.24, 2.45) is 9.81 Å². The average Bonchev–Trinajstić information content (AvgIpc) is 2.29. The van der Waals surface area contributed by atoms with E-state index in [1.54, 1.807) is 0 Å². The summed E-state index contributed by atoms with van der Waals surface area (Å²) < 4.78 is 23.5. The Hall–Kier alpha value is -0.300. The van der Waals surface area contributed by atoms with Gasteiger partial charge in [0.2, 0.25) is 0 Å². The number of piperidine rings is 2. The van der Waals surface area contributed by atoms with E-state index in [4.69, 9.17) is 0 Å². The molecule has 5 nitrogen and oxygen atoms in total. The number of hydrogen-bond acceptors (Lipinski definition) is 5. The molecule has 0 atom stereocenters. The molecule has 0 radical (unpaired) electrons. The van der Waals surface area contributed by atoms with Crippen LogP contribution < -0.4 is 0 Å². The Morgan fingerprint density at radius 3 is 2.69 bits per heavy atom. The standard InChI is InChI=1S/C10H18N2O3S/c13-7-10-3-1-8(2-4-10)12-5-6-16(14,15)11-9(10)12/h8,13-15H,1-7H2. The second-order valence-electron chi connectivity index (χ2n) is 5.11. The van der Waals surface area contributed by atoms with Gasteiger partial charge in [0, 0.05) is 12.6 Å². The molecule has 3 N–H and O–H groups in total. The van der Waals surface area contributed by atoms with Crippen LogP contribution in [-0.4, -0.2) is 49.9 Å². The van der Waals surface area contributed by atoms with Crippen LogP contribution in [0.3, 0.4) is 0 Å². The molecule has 0 unspecified atom stereocenters. The molecule has 0 amide bonds. The lowest BCUT2D eigenvalue weighted by Gasteiger charge is -2.56. The summed E-state index contributed by atoms with van der Waals surface area (Å²) in [5, 5.41) is 9.61. The Morgan fingerprint density at radius 2 is 2.06 bits per heavy atom. The van der Waals surface area contributed by atoms with Crippen LogP contribution in [0.5, 0.6) is 0 Å². The fourth-order valence-corrected chi connectivity index (χ4v) is 4.35. The number of nitrogens with zero attached hydrogens (tertiary/aromatic N) is 2. The van der Waals surface area contributed by atoms with Crippen molar-refractivity contribution in [3.63, 3.8) is 0 Å². The zero-order valence-electron chi connectivity index (χ0n) is 9.17. The summed E-state index contributed by atoms with van der Waals surface area (Å²) in [4.78, 5) is 2.20. The highest BCUT2D eigenvalue weighted by Gasteiger charge is 2.51. The molecule has 0 aromatic carbocycles. The summed E-state index contributed by atoms with van der Waals surface area (Å²) in [6.45, 7) is 0.748. The van der Waals surface area contributed by atoms with Gasteiger partial charge in [0.25, 0.3) is 0 Å². The van der Waals surface area contributed by atoms with E-state index in [0.717, 1.165) is 31.5 Å². The van der Waals surface area contributed by atoms with Gasteiger partial charge in [-0.05, 0) is 25.7 Å². The van der Waals surface area contributed by atoms with E-state index in [1.807, 2.05) is 0 Å². The zero-order valence-corrected chi connectivity index (χ0v) is 9.99. The molecular formula is C10H18N2O3S. The number of fused-ring (bicyclic) bond motifs is 2. The lowest BCUT2D eigenvalue weighted by Crippen LogP contribution is -2.61. The lowest BCUT2D eigenvalue weighted by atomic mass is 9.67. The Labute approximate surface area is 96.7 Å². The third-order valence-electron chi connectivity index (χ3n) is 4.24. The quantitative estimate of drug-likeness (QED) is 0.652. The molecule has 3 aliphatic heterocycles. The molecule has 6 heteroatoms. The molecule has 1 saturated carbocycles. The fraction of sp³-hybridized carbons (Fsp3) is 0.900. The minimum atomic E-state index is -2.79. The van der Waals surface area contributed by atoms with E-state index in [9.17, 15) is 14.2 Å². The normalized spacial score (nSPS) is 42.6. The Bertz CT molecular complexity index is 337. The van der Waals surface area contributed by atoms with Gasteiger partial charge in [0.05, 0.1) is 17.8 Å². The van der Waals surface area contributed by atoms with Crippen LogP contribution in [0.15, 0.2) is 4.40 Å². The van der Waals surface area contributed by atoms with Gasteiger partial charge in [0.1, 0.15) is 5.84 Å². The molecule has 3 fully saturated rings. The number of aliphatic hydroxyl groups is 1. The molecule has 0 aromatic rings. The van der Waals surface area contributed by atoms with E-state index in [0.29, 0.717) is 18.3 Å². The smallest absolute Gasteiger partial charge is 0.133 e. The van der Waals surface area contributed by atoms with Crippen molar-refractivity contribution < 1.29 is 14.2 Å². The molecule has 3 heterocycles. The number of amidine groups is 1. The summed E-state index contributed by atoms with van der Waals surface area (Å²) in [6, 6.07) is 0.502. The van der Waals surface area contributed by atoms with Crippen LogP contribution >= 0.6 is 10.8 Å². The Balaban J connectivity index is 2.04. The third-order valence-corrected chi connectivity index (χ3v) is 5.44. The van der Waals surface area contributed by atoms with E-state index >= 15 is 0 Å². The molecule has 16 heavy (non-hydrogen) atoms. The number of hydrogen-bond donors (Lipinski definition) is 3. The maximum Gasteiger partial charge on any atom is 0.133 e. The SMILES string of the molecule is OCC12CCC(CC1)N1CCS(O)(O)N=C12. The second kappa shape index (κ2) is 3.35. The van der Waals surface area contributed by atoms with Crippen LogP contribution in [0.25, 0.3) is 0 Å². The van der Waals surface area contributed by atoms with Crippen LogP contribution in [-0.2, 0) is 0 Å². The highest BCUT2D eigenvalue weighted by Crippen LogP contribution is 2.53. The molecule has 0 spiro atoms. The molecule has 1 aliphatic carbocycles. The van der Waals surface area contributed by atoms with Gasteiger partial charge >= 0.3 is 0 Å². The van der Waals surface area contributed by atoms with Crippen molar-refractivity contribution in [3.8, 4) is 0 Å². The van der Waals surface area contributed by atoms with Gasteiger partial charge in [-0.15, -0.1) is 4.40 Å². The first-order valence-corrected chi connectivity index (χ1v) is 7.47. The monoisotopic (exact) mass is 246 g/mol. The molecule has 92 valence electrons. The van der Waals surface area contributed by atoms with Crippen molar-refractivity contribution in [2.75, 3.05) is 18.9 Å². The fourth-order valence-electron chi connectivity index (χ4n) is 3.24. The van der Waals surface area contributed by atoms with E-state index in [1.165, 1.54) is 0 Å². The van der Waals surface area contributed by atoms with Crippen LogP contribution in [0.2, 0.25) is 0 Å². The van der Waals surface area contributed by atoms with Gasteiger partial charge in [-0.25, -0.2) is 0 Å². The highest BCUT2D eigenvalue weighted by molar-refractivity contribution is 8.23. The topological polar surface area (TPSA) is 76.3 Å². The maximum atomic E-state index is 9.69. The first-order chi connectivity index (χ1) is 7.56. The molecule has 2 bridgehead atoms. The number of rotatable bonds is 1. The largest absolute Gasteiger partial charge is 0.395 e. The Kier molecular flexibility index (Phi) is 2.27. The summed E-state index contributed by atoms with van der Waals surface area (Å²) in [5.41, 5.74) is -0.293. The van der Waals surface area contributed by atoms with Crippen LogP contribution in [0.1, 0.15) is 25.7 Å². The lowest BCUT2D eigenvalue weighted by molar-refractivity contribution is 0.0563. The highest BCUT2D eigenvalue weighted by atomic mass is 32.3. The summed E-state index contributed by atoms with van der Waals surface area (Å²) >= 11 is 0. The van der Waals surface area contributed by atoms with Crippen molar-refractivity contribution >= 4 is 16.6 Å². The van der Waals surface area contributed by atoms with Gasteiger partial charge < -0.3 is 10.0 Å². The van der Waals surface area contributed by atoms with E-state index in [2.05, 4.69) is 9.30 Å². The van der Waals surface area contributed by atoms with Crippen molar-refractivity contribution in [2.45, 2.75) is 31.7 Å². The van der Waals surface area contributed by atoms with Crippen molar-refractivity contribution in [1.29, 1.82) is 0 Å². The molecule has 4 rings (SSSR count). The predicted octanol–water partition coefficient (Wildman–Crippen LogP) is 1.30. The first kappa shape index (κ1) is 10.8. The average molecular weight is 246 g/mol. The second-order valence-corrected chi connectivity index (χ2v) is 6.97. The van der Waals surface area contributed by atoms with Gasteiger partial charge in [-0.2, -0.15) is 0 Å². The summed E-state index contributed by atoms with van der Waals surface area (Å²) in [7, 11) is -2.79. The van der Waals surface area contributed by atoms with Gasteiger partial charge in [-0.1, -0.05) is 10.8 Å². The number of aliphatic hydroxyl groups excluding tert-OH is 1. The maximum absolute atomic E-state index is 9.69. The zero-order chi connectivity index (χ0) is 11.4. The van der Waals surface area contributed by atoms with E-state index in [-0.39, 0.29) is 12.0 Å². The van der Waals surface area contributed by atoms with Crippen LogP contribution in [0.4, 0.5) is 0 Å². The molecular weight excluding hydrogens is 228 g/mol. The predicted molar refractivity (Wildman–Crippen MR) is 63.6 cm³/mol. The summed E-state index contributed by atoms with van der Waals surface area (Å²) in [5.74, 6) is 1.11. The van der Waals surface area contributed by atoms with Crippen molar-refractivity contribution in [3.05, 3.63) is 0 Å².